The van der Waals surface area contributed by atoms with E-state index in [0.717, 1.165) is 12.8 Å². The Morgan fingerprint density at radius 2 is 1.75 bits per heavy atom. The molecule has 1 rings (SSSR count). The first kappa shape index (κ1) is 13.4. The Hall–Kier alpha value is -0.710. The molecule has 16 heavy (non-hydrogen) atoms. The molecule has 0 aromatic heterocycles. The molecule has 0 spiro atoms. The second-order valence-electron chi connectivity index (χ2n) is 4.70. The number of carbonyl (C=O) groups excluding carboxylic acids is 2. The van der Waals surface area contributed by atoms with E-state index in [1.165, 1.54) is 0 Å². The van der Waals surface area contributed by atoms with Crippen LogP contribution in [0.2, 0.25) is 0 Å². The van der Waals surface area contributed by atoms with Crippen molar-refractivity contribution in [3.63, 3.8) is 0 Å². The van der Waals surface area contributed by atoms with Crippen molar-refractivity contribution in [2.75, 3.05) is 0 Å². The largest absolute Gasteiger partial charge is 0.352 e. The van der Waals surface area contributed by atoms with Gasteiger partial charge in [-0.25, -0.2) is 0 Å². The van der Waals surface area contributed by atoms with Crippen molar-refractivity contribution in [1.29, 1.82) is 0 Å². The summed E-state index contributed by atoms with van der Waals surface area (Å²) in [6.07, 6.45) is 2.10. The maximum atomic E-state index is 11.6. The number of nitrogens with one attached hydrogen (secondary N) is 2. The van der Waals surface area contributed by atoms with Gasteiger partial charge in [0.1, 0.15) is 6.04 Å². The number of thiol groups is 1. The van der Waals surface area contributed by atoms with E-state index in [2.05, 4.69) is 23.3 Å². The van der Waals surface area contributed by atoms with E-state index in [1.54, 1.807) is 6.92 Å². The summed E-state index contributed by atoms with van der Waals surface area (Å²) >= 11 is 4.20. The number of hydrogen-bond acceptors (Lipinski definition) is 3. The number of carbonyl (C=O) groups is 2. The minimum atomic E-state index is -0.485. The summed E-state index contributed by atoms with van der Waals surface area (Å²) in [6, 6.07) is -0.162. The molecule has 2 N–H and O–H groups in total. The molecule has 2 atom stereocenters. The lowest BCUT2D eigenvalue weighted by atomic mass is 10.1. The van der Waals surface area contributed by atoms with Gasteiger partial charge in [-0.15, -0.1) is 0 Å². The fourth-order valence-corrected chi connectivity index (χ4v) is 1.30. The second-order valence-corrected chi connectivity index (χ2v) is 5.26. The lowest BCUT2D eigenvalue weighted by Gasteiger charge is -2.18. The Balaban J connectivity index is 2.34. The van der Waals surface area contributed by atoms with E-state index >= 15 is 0 Å². The summed E-state index contributed by atoms with van der Waals surface area (Å²) in [5.74, 6) is -0.140. The van der Waals surface area contributed by atoms with Crippen LogP contribution < -0.4 is 10.6 Å². The van der Waals surface area contributed by atoms with Crippen LogP contribution in [-0.4, -0.2) is 29.1 Å². The summed E-state index contributed by atoms with van der Waals surface area (Å²) in [4.78, 5) is 23.2. The van der Waals surface area contributed by atoms with Gasteiger partial charge in [-0.2, -0.15) is 12.6 Å². The van der Waals surface area contributed by atoms with E-state index in [-0.39, 0.29) is 23.0 Å². The fraction of sp³-hybridized carbons (Fsp3) is 0.818. The third-order valence-electron chi connectivity index (χ3n) is 2.58. The molecule has 0 aliphatic heterocycles. The van der Waals surface area contributed by atoms with Gasteiger partial charge in [0, 0.05) is 6.04 Å². The van der Waals surface area contributed by atoms with Gasteiger partial charge in [0.2, 0.25) is 11.8 Å². The molecule has 92 valence electrons. The maximum absolute atomic E-state index is 11.6. The Labute approximate surface area is 102 Å². The van der Waals surface area contributed by atoms with Gasteiger partial charge >= 0.3 is 0 Å². The predicted octanol–water partition coefficient (Wildman–Crippen LogP) is 0.724. The Kier molecular flexibility index (Phi) is 4.65. The van der Waals surface area contributed by atoms with Gasteiger partial charge in [-0.1, -0.05) is 13.8 Å². The zero-order valence-corrected chi connectivity index (χ0v) is 10.9. The first-order valence-corrected chi connectivity index (χ1v) is 6.22. The molecule has 0 aromatic rings. The fourth-order valence-electron chi connectivity index (χ4n) is 1.22. The molecule has 2 unspecified atom stereocenters. The highest BCUT2D eigenvalue weighted by Gasteiger charge is 2.27. The molecule has 0 bridgehead atoms. The topological polar surface area (TPSA) is 58.2 Å². The summed E-state index contributed by atoms with van der Waals surface area (Å²) in [5.41, 5.74) is 0. The van der Waals surface area contributed by atoms with Crippen LogP contribution in [0.1, 0.15) is 33.6 Å². The SMILES string of the molecule is CC(NC(=O)C(S)C(C)C)C(=O)NC1CC1. The van der Waals surface area contributed by atoms with Crippen molar-refractivity contribution in [3.8, 4) is 0 Å². The Morgan fingerprint density at radius 1 is 1.19 bits per heavy atom. The minimum absolute atomic E-state index is 0.111. The molecule has 1 fully saturated rings. The van der Waals surface area contributed by atoms with Crippen LogP contribution in [0.4, 0.5) is 0 Å². The minimum Gasteiger partial charge on any atom is -0.352 e. The van der Waals surface area contributed by atoms with Crippen molar-refractivity contribution in [3.05, 3.63) is 0 Å². The molecule has 5 heteroatoms. The van der Waals surface area contributed by atoms with Gasteiger partial charge in [-0.05, 0) is 25.7 Å². The van der Waals surface area contributed by atoms with Crippen LogP contribution in [0.15, 0.2) is 0 Å². The first-order chi connectivity index (χ1) is 7.41. The number of amides is 2. The molecule has 1 aliphatic rings. The average molecular weight is 244 g/mol. The molecule has 1 saturated carbocycles. The van der Waals surface area contributed by atoms with Crippen molar-refractivity contribution >= 4 is 24.4 Å². The third kappa shape index (κ3) is 4.04. The molecule has 4 nitrogen and oxygen atoms in total. The Bertz CT molecular complexity index is 277. The zero-order chi connectivity index (χ0) is 12.3. The summed E-state index contributed by atoms with van der Waals surface area (Å²) in [5, 5.41) is 5.15. The molecule has 0 aromatic carbocycles. The van der Waals surface area contributed by atoms with Crippen LogP contribution in [0.5, 0.6) is 0 Å². The standard InChI is InChI=1S/C11H20N2O2S/c1-6(2)9(16)11(15)12-7(3)10(14)13-8-4-5-8/h6-9,16H,4-5H2,1-3H3,(H,12,15)(H,13,14). The predicted molar refractivity (Wildman–Crippen MR) is 66.4 cm³/mol. The van der Waals surface area contributed by atoms with Gasteiger partial charge in [0.25, 0.3) is 0 Å². The smallest absolute Gasteiger partial charge is 0.242 e. The third-order valence-corrected chi connectivity index (χ3v) is 3.41. The lowest BCUT2D eigenvalue weighted by molar-refractivity contribution is -0.128. The zero-order valence-electron chi connectivity index (χ0n) is 9.99. The van der Waals surface area contributed by atoms with Crippen LogP contribution in [0, 0.1) is 5.92 Å². The van der Waals surface area contributed by atoms with Crippen molar-refractivity contribution < 1.29 is 9.59 Å². The molecule has 2 amide bonds. The Morgan fingerprint density at radius 3 is 2.19 bits per heavy atom. The average Bonchev–Trinajstić information content (AvgIpc) is 2.99. The first-order valence-electron chi connectivity index (χ1n) is 5.70. The van der Waals surface area contributed by atoms with Crippen LogP contribution in [0.25, 0.3) is 0 Å². The highest BCUT2D eigenvalue weighted by atomic mass is 32.1. The van der Waals surface area contributed by atoms with Crippen LogP contribution >= 0.6 is 12.6 Å². The number of rotatable bonds is 5. The van der Waals surface area contributed by atoms with Crippen molar-refractivity contribution in [2.24, 2.45) is 5.92 Å². The van der Waals surface area contributed by atoms with Gasteiger partial charge in [-0.3, -0.25) is 9.59 Å². The van der Waals surface area contributed by atoms with E-state index in [0.29, 0.717) is 6.04 Å². The molecule has 0 radical (unpaired) electrons. The van der Waals surface area contributed by atoms with Crippen LogP contribution in [-0.2, 0) is 9.59 Å². The van der Waals surface area contributed by atoms with E-state index in [4.69, 9.17) is 0 Å². The quantitative estimate of drug-likeness (QED) is 0.624. The van der Waals surface area contributed by atoms with Crippen molar-refractivity contribution in [1.82, 2.24) is 10.6 Å². The lowest BCUT2D eigenvalue weighted by Crippen LogP contribution is -2.48. The van der Waals surface area contributed by atoms with Crippen LogP contribution in [0.3, 0.4) is 0 Å². The highest BCUT2D eigenvalue weighted by molar-refractivity contribution is 7.81. The summed E-state index contributed by atoms with van der Waals surface area (Å²) < 4.78 is 0. The monoisotopic (exact) mass is 244 g/mol. The van der Waals surface area contributed by atoms with Gasteiger partial charge in [0.05, 0.1) is 5.25 Å². The van der Waals surface area contributed by atoms with E-state index < -0.39 is 6.04 Å². The van der Waals surface area contributed by atoms with E-state index in [1.807, 2.05) is 13.8 Å². The normalized spacial score (nSPS) is 19.1. The van der Waals surface area contributed by atoms with Crippen molar-refractivity contribution in [2.45, 2.75) is 50.9 Å². The summed E-state index contributed by atoms with van der Waals surface area (Å²) in [7, 11) is 0. The van der Waals surface area contributed by atoms with Gasteiger partial charge in [0.15, 0.2) is 0 Å². The molecule has 1 aliphatic carbocycles. The molecule has 0 heterocycles. The molecular formula is C11H20N2O2S. The number of hydrogen-bond donors (Lipinski definition) is 3. The van der Waals surface area contributed by atoms with E-state index in [9.17, 15) is 9.59 Å². The highest BCUT2D eigenvalue weighted by Crippen LogP contribution is 2.18. The molecule has 0 saturated heterocycles. The maximum Gasteiger partial charge on any atom is 0.242 e. The molecular weight excluding hydrogens is 224 g/mol. The summed E-state index contributed by atoms with van der Waals surface area (Å²) in [6.45, 7) is 5.54. The van der Waals surface area contributed by atoms with Gasteiger partial charge < -0.3 is 10.6 Å². The second kappa shape index (κ2) is 5.57.